The number of benzene rings is 2. The molecule has 1 fully saturated rings. The second-order valence-corrected chi connectivity index (χ2v) is 8.60. The lowest BCUT2D eigenvalue weighted by atomic mass is 9.76. The van der Waals surface area contributed by atoms with E-state index < -0.39 is 29.0 Å². The van der Waals surface area contributed by atoms with Gasteiger partial charge in [-0.25, -0.2) is 5.90 Å². The first-order valence-corrected chi connectivity index (χ1v) is 10.8. The van der Waals surface area contributed by atoms with Gasteiger partial charge in [0, 0.05) is 6.54 Å². The summed E-state index contributed by atoms with van der Waals surface area (Å²) in [5.41, 5.74) is -0.474. The third-order valence-electron chi connectivity index (χ3n) is 6.31. The van der Waals surface area contributed by atoms with Gasteiger partial charge in [0.1, 0.15) is 5.60 Å². The molecule has 196 valence electrons. The summed E-state index contributed by atoms with van der Waals surface area (Å²) in [5.74, 6) is 3.50. The fourth-order valence-electron chi connectivity index (χ4n) is 4.10. The number of nitrogens with zero attached hydrogens (tertiary/aromatic N) is 1. The molecule has 11 heteroatoms. The van der Waals surface area contributed by atoms with Crippen molar-refractivity contribution in [2.45, 2.75) is 57.0 Å². The average Bonchev–Trinajstić information content (AvgIpc) is 2.84. The van der Waals surface area contributed by atoms with Crippen LogP contribution in [0.25, 0.3) is 0 Å². The van der Waals surface area contributed by atoms with Gasteiger partial charge in [0.2, 0.25) is 0 Å². The molecule has 1 saturated heterocycles. The number of nitrogens with one attached hydrogen (secondary N) is 1. The number of alkyl halides is 3. The molecular formula is C24H33ClF3N3O4. The number of aliphatic hydroxyl groups is 1. The predicted molar refractivity (Wildman–Crippen MR) is 129 cm³/mol. The van der Waals surface area contributed by atoms with E-state index in [0.29, 0.717) is 24.0 Å². The van der Waals surface area contributed by atoms with E-state index in [4.69, 9.17) is 15.2 Å². The molecule has 35 heavy (non-hydrogen) atoms. The fraction of sp³-hybridized carbons (Fsp3) is 0.458. The van der Waals surface area contributed by atoms with E-state index in [1.807, 2.05) is 30.3 Å². The summed E-state index contributed by atoms with van der Waals surface area (Å²) in [4.78, 5) is 0. The van der Waals surface area contributed by atoms with Crippen LogP contribution in [0.4, 0.5) is 13.2 Å². The van der Waals surface area contributed by atoms with Gasteiger partial charge >= 0.3 is 6.18 Å². The monoisotopic (exact) mass is 519 g/mol. The van der Waals surface area contributed by atoms with E-state index in [0.717, 1.165) is 17.7 Å². The normalized spacial score (nSPS) is 23.5. The molecule has 0 aliphatic carbocycles. The number of oxime groups is 1. The van der Waals surface area contributed by atoms with Gasteiger partial charge in [0.05, 0.1) is 29.5 Å². The molecule has 0 spiro atoms. The topological polar surface area (TPSA) is 120 Å². The summed E-state index contributed by atoms with van der Waals surface area (Å²) in [6.45, 7) is 5.27. The Morgan fingerprint density at radius 2 is 1.80 bits per heavy atom. The van der Waals surface area contributed by atoms with E-state index in [1.165, 1.54) is 0 Å². The van der Waals surface area contributed by atoms with Gasteiger partial charge in [-0.05, 0) is 56.9 Å². The number of aryl methyl sites for hydroxylation is 1. The fourth-order valence-corrected chi connectivity index (χ4v) is 4.10. The van der Waals surface area contributed by atoms with E-state index in [1.54, 1.807) is 26.8 Å². The van der Waals surface area contributed by atoms with E-state index >= 15 is 0 Å². The molecule has 3 rings (SSSR count). The minimum absolute atomic E-state index is 0. The summed E-state index contributed by atoms with van der Waals surface area (Å²) in [7, 11) is 0. The lowest BCUT2D eigenvalue weighted by Gasteiger charge is -2.45. The van der Waals surface area contributed by atoms with Gasteiger partial charge in [-0.2, -0.15) is 13.2 Å². The zero-order valence-corrected chi connectivity index (χ0v) is 20.7. The highest BCUT2D eigenvalue weighted by atomic mass is 35.5. The van der Waals surface area contributed by atoms with Gasteiger partial charge < -0.3 is 25.6 Å². The van der Waals surface area contributed by atoms with Crippen LogP contribution in [0, 0.1) is 6.92 Å². The Morgan fingerprint density at radius 3 is 2.31 bits per heavy atom. The molecule has 6 N–H and O–H groups in total. The number of rotatable bonds is 6. The van der Waals surface area contributed by atoms with E-state index in [9.17, 15) is 18.3 Å². The first-order chi connectivity index (χ1) is 16.0. The quantitative estimate of drug-likeness (QED) is 0.214. The number of piperidine rings is 1. The van der Waals surface area contributed by atoms with Crippen molar-refractivity contribution in [1.29, 1.82) is 0 Å². The van der Waals surface area contributed by atoms with Crippen LogP contribution in [0.15, 0.2) is 53.7 Å². The number of β-amino-alcohol motifs (C(OH)–C–C–N with tert-alkyl or cyclic N) is 1. The number of halogens is 4. The third-order valence-corrected chi connectivity index (χ3v) is 6.31. The first-order valence-electron chi connectivity index (χ1n) is 10.8. The van der Waals surface area contributed by atoms with Crippen molar-refractivity contribution >= 4 is 18.1 Å². The maximum Gasteiger partial charge on any atom is 0.416 e. The van der Waals surface area contributed by atoms with Gasteiger partial charge in [0.25, 0.3) is 0 Å². The molecule has 0 aromatic heterocycles. The highest BCUT2D eigenvalue weighted by molar-refractivity contribution is 5.90. The lowest BCUT2D eigenvalue weighted by molar-refractivity contribution is -0.137. The summed E-state index contributed by atoms with van der Waals surface area (Å²) >= 11 is 0. The summed E-state index contributed by atoms with van der Waals surface area (Å²) < 4.78 is 45.8. The second-order valence-electron chi connectivity index (χ2n) is 8.60. The van der Waals surface area contributed by atoms with Crippen LogP contribution in [-0.2, 0) is 16.5 Å². The maximum atomic E-state index is 13.2. The number of nitrogens with two attached hydrogens (primary N) is 1. The maximum absolute atomic E-state index is 13.2. The summed E-state index contributed by atoms with van der Waals surface area (Å²) in [5, 5.41) is 32.9. The van der Waals surface area contributed by atoms with Crippen LogP contribution < -0.4 is 11.2 Å². The van der Waals surface area contributed by atoms with Crippen molar-refractivity contribution < 1.29 is 33.4 Å². The molecule has 1 heterocycles. The zero-order valence-electron chi connectivity index (χ0n) is 19.8. The van der Waals surface area contributed by atoms with Gasteiger partial charge in [-0.15, -0.1) is 12.4 Å². The number of ether oxygens (including phenoxy) is 1. The van der Waals surface area contributed by atoms with Crippen molar-refractivity contribution in [3.05, 3.63) is 70.8 Å². The average molecular weight is 520 g/mol. The predicted octanol–water partition coefficient (Wildman–Crippen LogP) is 4.71. The Hall–Kier alpha value is -2.21. The van der Waals surface area contributed by atoms with Crippen LogP contribution in [0.2, 0.25) is 0 Å². The zero-order chi connectivity index (χ0) is 25.6. The third kappa shape index (κ3) is 7.39. The smallest absolute Gasteiger partial charge is 0.411 e. The van der Waals surface area contributed by atoms with Crippen molar-refractivity contribution in [3.63, 3.8) is 0 Å². The van der Waals surface area contributed by atoms with Gasteiger partial charge in [0.15, 0.2) is 0 Å². The Morgan fingerprint density at radius 1 is 1.17 bits per heavy atom. The number of hydrogen-bond donors (Lipinski definition) is 5. The molecular weight excluding hydrogens is 487 g/mol. The Bertz CT molecular complexity index is 966. The molecule has 1 aliphatic heterocycles. The van der Waals surface area contributed by atoms with Crippen LogP contribution in [0.5, 0.6) is 0 Å². The highest BCUT2D eigenvalue weighted by Crippen LogP contribution is 2.37. The summed E-state index contributed by atoms with van der Waals surface area (Å²) in [6, 6.07) is 13.5. The van der Waals surface area contributed by atoms with E-state index in [2.05, 4.69) is 16.4 Å². The molecule has 1 unspecified atom stereocenters. The van der Waals surface area contributed by atoms with Gasteiger partial charge in [-0.3, -0.25) is 0 Å². The van der Waals surface area contributed by atoms with Crippen molar-refractivity contribution in [1.82, 2.24) is 5.32 Å². The minimum atomic E-state index is -4.42. The SMILES string of the molecule is C/C(=N\O)C1(O)CC[C@@](CO[C@H](C)c2cc(C)cc(C(F)(F)F)c2)(c2ccccc2)NC1.Cl.NO. The van der Waals surface area contributed by atoms with Gasteiger partial charge in [-0.1, -0.05) is 47.1 Å². The van der Waals surface area contributed by atoms with Crippen LogP contribution in [0.1, 0.15) is 55.0 Å². The highest BCUT2D eigenvalue weighted by Gasteiger charge is 2.44. The Kier molecular flexibility index (Phi) is 11.1. The molecule has 0 amide bonds. The molecule has 2 aromatic carbocycles. The summed E-state index contributed by atoms with van der Waals surface area (Å²) in [6.07, 6.45) is -4.17. The standard InChI is InChI=1S/C24H29F3N2O3.ClH.H3NO/c1-16-11-19(13-21(12-16)24(25,26)27)17(2)32-15-22(20-7-5-4-6-8-20)9-10-23(30,14-28-22)18(3)29-31;;1-2/h4-8,11-13,17,28,30-31H,9-10,14-15H2,1-3H3;1H;2H,1H2/b29-18+;;/t17-,22-,23?;;/m1../s1. The van der Waals surface area contributed by atoms with Crippen molar-refractivity contribution in [2.24, 2.45) is 11.1 Å². The molecule has 1 aliphatic rings. The molecule has 0 saturated carbocycles. The molecule has 0 radical (unpaired) electrons. The number of hydrogen-bond acceptors (Lipinski definition) is 7. The van der Waals surface area contributed by atoms with Crippen molar-refractivity contribution in [3.8, 4) is 0 Å². The molecule has 2 aromatic rings. The second kappa shape index (κ2) is 12.7. The Labute approximate surface area is 209 Å². The van der Waals surface area contributed by atoms with E-state index in [-0.39, 0.29) is 31.3 Å². The van der Waals surface area contributed by atoms with Crippen LogP contribution in [0.3, 0.4) is 0 Å². The Balaban J connectivity index is 0.00000199. The lowest BCUT2D eigenvalue weighted by Crippen LogP contribution is -2.60. The van der Waals surface area contributed by atoms with Crippen molar-refractivity contribution in [2.75, 3.05) is 13.2 Å². The van der Waals surface area contributed by atoms with Crippen LogP contribution >= 0.6 is 12.4 Å². The first kappa shape index (κ1) is 30.8. The minimum Gasteiger partial charge on any atom is -0.411 e. The molecule has 7 nitrogen and oxygen atoms in total. The molecule has 0 bridgehead atoms. The largest absolute Gasteiger partial charge is 0.416 e. The van der Waals surface area contributed by atoms with Crippen LogP contribution in [-0.4, -0.2) is 40.0 Å². The molecule has 3 atom stereocenters.